The number of nitrogens with zero attached hydrogens (tertiary/aromatic N) is 3. The van der Waals surface area contributed by atoms with Crippen LogP contribution in [0, 0.1) is 0 Å². The van der Waals surface area contributed by atoms with E-state index in [1.807, 2.05) is 4.90 Å². The number of carbonyl (C=O) groups is 1. The number of nitrogens with two attached hydrogens (primary N) is 1. The number of rotatable bonds is 6. The van der Waals surface area contributed by atoms with Crippen molar-refractivity contribution in [3.8, 4) is 0 Å². The third-order valence-corrected chi connectivity index (χ3v) is 5.41. The van der Waals surface area contributed by atoms with Crippen LogP contribution in [0.3, 0.4) is 0 Å². The fourth-order valence-corrected chi connectivity index (χ4v) is 3.63. The molecule has 2 aliphatic carbocycles. The predicted octanol–water partition coefficient (Wildman–Crippen LogP) is 2.83. The van der Waals surface area contributed by atoms with E-state index >= 15 is 0 Å². The first-order valence-corrected chi connectivity index (χ1v) is 9.35. The number of aromatic nitrogens is 2. The van der Waals surface area contributed by atoms with Crippen molar-refractivity contribution in [1.29, 1.82) is 0 Å². The lowest BCUT2D eigenvalue weighted by Gasteiger charge is -2.32. The van der Waals surface area contributed by atoms with Gasteiger partial charge in [0, 0.05) is 55.7 Å². The third-order valence-electron chi connectivity index (χ3n) is 5.41. The first kappa shape index (κ1) is 21.2. The third kappa shape index (κ3) is 4.99. The summed E-state index contributed by atoms with van der Waals surface area (Å²) in [7, 11) is 0. The highest BCUT2D eigenvalue weighted by Crippen LogP contribution is 2.41. The Balaban J connectivity index is 0.00000121. The lowest BCUT2D eigenvalue weighted by atomic mass is 9.78. The van der Waals surface area contributed by atoms with Crippen molar-refractivity contribution in [2.45, 2.75) is 62.8 Å². The summed E-state index contributed by atoms with van der Waals surface area (Å²) in [5, 5.41) is 3.41. The molecule has 1 aromatic rings. The van der Waals surface area contributed by atoms with Gasteiger partial charge >= 0.3 is 0 Å². The Morgan fingerprint density at radius 3 is 2.58 bits per heavy atom. The van der Waals surface area contributed by atoms with Gasteiger partial charge in [0.15, 0.2) is 0 Å². The lowest BCUT2D eigenvalue weighted by Crippen LogP contribution is -2.38. The minimum absolute atomic E-state index is 0. The Hall–Kier alpha value is -1.11. The fourth-order valence-electron chi connectivity index (χ4n) is 3.63. The zero-order valence-electron chi connectivity index (χ0n) is 15.0. The Bertz CT molecular complexity index is 620. The molecule has 6 nitrogen and oxygen atoms in total. The highest BCUT2D eigenvalue weighted by Gasteiger charge is 2.32. The first-order valence-electron chi connectivity index (χ1n) is 9.35. The van der Waals surface area contributed by atoms with Crippen molar-refractivity contribution in [2.24, 2.45) is 5.73 Å². The Morgan fingerprint density at radius 1 is 1.15 bits per heavy atom. The van der Waals surface area contributed by atoms with Crippen molar-refractivity contribution < 1.29 is 4.79 Å². The number of likely N-dealkylation sites (tertiary alicyclic amines) is 1. The molecule has 1 saturated heterocycles. The molecule has 4 rings (SSSR count). The summed E-state index contributed by atoms with van der Waals surface area (Å²) in [5.41, 5.74) is 7.08. The average Bonchev–Trinajstić information content (AvgIpc) is 3.38. The second-order valence-electron chi connectivity index (χ2n) is 7.50. The van der Waals surface area contributed by atoms with Gasteiger partial charge in [0.25, 0.3) is 0 Å². The number of hydrogen-bond acceptors (Lipinski definition) is 5. The normalized spacial score (nSPS) is 25.0. The number of piperidine rings is 1. The van der Waals surface area contributed by atoms with Gasteiger partial charge in [-0.25, -0.2) is 9.97 Å². The number of carbonyl (C=O) groups excluding carboxylic acids is 1. The van der Waals surface area contributed by atoms with Crippen LogP contribution < -0.4 is 11.1 Å². The molecule has 8 heteroatoms. The van der Waals surface area contributed by atoms with Gasteiger partial charge in [-0.2, -0.15) is 0 Å². The van der Waals surface area contributed by atoms with E-state index in [0.717, 1.165) is 62.7 Å². The van der Waals surface area contributed by atoms with Gasteiger partial charge < -0.3 is 16.0 Å². The topological polar surface area (TPSA) is 84.1 Å². The molecule has 0 atom stereocenters. The fraction of sp³-hybridized carbons (Fsp3) is 0.722. The zero-order valence-corrected chi connectivity index (χ0v) is 16.7. The molecule has 0 bridgehead atoms. The number of anilines is 1. The standard InChI is InChI=1S/C18H27N5O.2ClH/c19-14-9-13(10-14)15-11-16(22-18(21-15)12-4-5-12)20-6-8-23-7-2-1-3-17(23)24;;/h11-14H,1-10,19H2,(H,20,21,22);2*1H. The highest BCUT2D eigenvalue weighted by molar-refractivity contribution is 5.85. The van der Waals surface area contributed by atoms with Crippen molar-refractivity contribution in [1.82, 2.24) is 14.9 Å². The molecule has 3 aliphatic rings. The molecule has 1 aliphatic heterocycles. The molecule has 2 saturated carbocycles. The molecule has 0 radical (unpaired) electrons. The molecule has 146 valence electrons. The quantitative estimate of drug-likeness (QED) is 0.765. The first-order chi connectivity index (χ1) is 11.7. The van der Waals surface area contributed by atoms with Gasteiger partial charge in [0.05, 0.1) is 0 Å². The van der Waals surface area contributed by atoms with E-state index in [0.29, 0.717) is 24.3 Å². The van der Waals surface area contributed by atoms with E-state index in [4.69, 9.17) is 15.7 Å². The van der Waals surface area contributed by atoms with Crippen LogP contribution in [0.15, 0.2) is 6.07 Å². The molecule has 26 heavy (non-hydrogen) atoms. The van der Waals surface area contributed by atoms with Crippen LogP contribution in [0.2, 0.25) is 0 Å². The molecule has 2 heterocycles. The van der Waals surface area contributed by atoms with Crippen molar-refractivity contribution >= 4 is 36.5 Å². The maximum Gasteiger partial charge on any atom is 0.222 e. The van der Waals surface area contributed by atoms with Gasteiger partial charge in [-0.1, -0.05) is 0 Å². The largest absolute Gasteiger partial charge is 0.368 e. The molecule has 1 amide bonds. The summed E-state index contributed by atoms with van der Waals surface area (Å²) in [4.78, 5) is 23.3. The molecular formula is C18H29Cl2N5O. The minimum Gasteiger partial charge on any atom is -0.368 e. The van der Waals surface area contributed by atoms with E-state index in [-0.39, 0.29) is 30.7 Å². The van der Waals surface area contributed by atoms with E-state index in [2.05, 4.69) is 11.4 Å². The molecular weight excluding hydrogens is 373 g/mol. The summed E-state index contributed by atoms with van der Waals surface area (Å²) in [6, 6.07) is 2.41. The zero-order chi connectivity index (χ0) is 16.5. The SMILES string of the molecule is Cl.Cl.NC1CC(c2cc(NCCN3CCCCC3=O)nc(C3CC3)n2)C1. The van der Waals surface area contributed by atoms with Crippen LogP contribution in [0.1, 0.15) is 68.3 Å². The van der Waals surface area contributed by atoms with Crippen LogP contribution in [0.4, 0.5) is 5.82 Å². The summed E-state index contributed by atoms with van der Waals surface area (Å²) >= 11 is 0. The van der Waals surface area contributed by atoms with E-state index in [9.17, 15) is 4.79 Å². The summed E-state index contributed by atoms with van der Waals surface area (Å²) in [6.45, 7) is 2.39. The number of hydrogen-bond donors (Lipinski definition) is 2. The van der Waals surface area contributed by atoms with E-state index in [1.165, 1.54) is 12.8 Å². The van der Waals surface area contributed by atoms with Crippen molar-refractivity contribution in [3.63, 3.8) is 0 Å². The number of nitrogens with one attached hydrogen (secondary N) is 1. The monoisotopic (exact) mass is 401 g/mol. The molecule has 0 aromatic carbocycles. The molecule has 3 fully saturated rings. The summed E-state index contributed by atoms with van der Waals surface area (Å²) < 4.78 is 0. The van der Waals surface area contributed by atoms with Crippen LogP contribution in [0.25, 0.3) is 0 Å². The summed E-state index contributed by atoms with van der Waals surface area (Å²) in [5.74, 6) is 3.22. The molecule has 0 spiro atoms. The van der Waals surface area contributed by atoms with Crippen LogP contribution in [0.5, 0.6) is 0 Å². The highest BCUT2D eigenvalue weighted by atomic mass is 35.5. The maximum absolute atomic E-state index is 11.9. The number of halogens is 2. The number of amides is 1. The average molecular weight is 402 g/mol. The smallest absolute Gasteiger partial charge is 0.222 e. The van der Waals surface area contributed by atoms with E-state index in [1.54, 1.807) is 0 Å². The second kappa shape index (κ2) is 9.20. The van der Waals surface area contributed by atoms with Crippen LogP contribution in [-0.2, 0) is 4.79 Å². The van der Waals surface area contributed by atoms with Crippen LogP contribution in [-0.4, -0.2) is 46.5 Å². The van der Waals surface area contributed by atoms with Crippen molar-refractivity contribution in [3.05, 3.63) is 17.6 Å². The van der Waals surface area contributed by atoms with Crippen molar-refractivity contribution in [2.75, 3.05) is 25.0 Å². The summed E-state index contributed by atoms with van der Waals surface area (Å²) in [6.07, 6.45) is 7.32. The van der Waals surface area contributed by atoms with Gasteiger partial charge in [-0.15, -0.1) is 24.8 Å². The Labute approximate surface area is 167 Å². The second-order valence-corrected chi connectivity index (χ2v) is 7.50. The van der Waals surface area contributed by atoms with Gasteiger partial charge in [-0.3, -0.25) is 4.79 Å². The van der Waals surface area contributed by atoms with Crippen LogP contribution >= 0.6 is 24.8 Å². The lowest BCUT2D eigenvalue weighted by molar-refractivity contribution is -0.133. The van der Waals surface area contributed by atoms with Gasteiger partial charge in [0.2, 0.25) is 5.91 Å². The Kier molecular flexibility index (Phi) is 7.50. The Morgan fingerprint density at radius 2 is 1.92 bits per heavy atom. The minimum atomic E-state index is 0. The molecule has 1 aromatic heterocycles. The van der Waals surface area contributed by atoms with Gasteiger partial charge in [-0.05, 0) is 38.5 Å². The molecule has 0 unspecified atom stereocenters. The van der Waals surface area contributed by atoms with Gasteiger partial charge in [0.1, 0.15) is 11.6 Å². The maximum atomic E-state index is 11.9. The van der Waals surface area contributed by atoms with E-state index < -0.39 is 0 Å². The molecule has 3 N–H and O–H groups in total. The predicted molar refractivity (Wildman–Crippen MR) is 107 cm³/mol.